The maximum atomic E-state index is 12.3. The number of thiophene rings is 1. The Kier molecular flexibility index (Phi) is 3.40. The fraction of sp³-hybridized carbons (Fsp3) is 0.583. The molecule has 2 rings (SSSR count). The maximum absolute atomic E-state index is 12.3. The van der Waals surface area contributed by atoms with E-state index in [-0.39, 0.29) is 5.91 Å². The summed E-state index contributed by atoms with van der Waals surface area (Å²) in [7, 11) is 2.10. The normalized spacial score (nSPS) is 21.8. The zero-order valence-electron chi connectivity index (χ0n) is 10.6. The number of carbonyl (C=O) groups is 1. The lowest BCUT2D eigenvalue weighted by Crippen LogP contribution is -2.51. The summed E-state index contributed by atoms with van der Waals surface area (Å²) >= 11 is 1.49. The molecule has 1 aliphatic heterocycles. The van der Waals surface area contributed by atoms with E-state index in [0.29, 0.717) is 6.04 Å². The average molecular weight is 253 g/mol. The Morgan fingerprint density at radius 1 is 1.53 bits per heavy atom. The van der Waals surface area contributed by atoms with Gasteiger partial charge in [-0.1, -0.05) is 0 Å². The Morgan fingerprint density at radius 3 is 2.76 bits per heavy atom. The smallest absolute Gasteiger partial charge is 0.264 e. The van der Waals surface area contributed by atoms with E-state index in [0.717, 1.165) is 35.1 Å². The van der Waals surface area contributed by atoms with Crippen LogP contribution in [0.1, 0.15) is 21.5 Å². The van der Waals surface area contributed by atoms with Gasteiger partial charge in [0, 0.05) is 36.2 Å². The van der Waals surface area contributed by atoms with Crippen LogP contribution < -0.4 is 5.73 Å². The lowest BCUT2D eigenvalue weighted by atomic mass is 10.2. The molecule has 2 heterocycles. The number of hydrogen-bond donors (Lipinski definition) is 1. The van der Waals surface area contributed by atoms with Gasteiger partial charge in [0.25, 0.3) is 5.91 Å². The number of nitrogen functional groups attached to an aromatic ring is 1. The lowest BCUT2D eigenvalue weighted by Gasteiger charge is -2.37. The van der Waals surface area contributed by atoms with Gasteiger partial charge in [0.1, 0.15) is 0 Å². The maximum Gasteiger partial charge on any atom is 0.264 e. The number of rotatable bonds is 1. The number of nitrogens with zero attached hydrogens (tertiary/aromatic N) is 2. The van der Waals surface area contributed by atoms with Crippen molar-refractivity contribution in [2.45, 2.75) is 19.9 Å². The molecule has 1 saturated heterocycles. The highest BCUT2D eigenvalue weighted by molar-refractivity contribution is 7.14. The average Bonchev–Trinajstić information content (AvgIpc) is 2.62. The molecule has 1 aromatic rings. The summed E-state index contributed by atoms with van der Waals surface area (Å²) in [4.78, 5) is 18.3. The Hall–Kier alpha value is -1.07. The number of amides is 1. The molecular formula is C12H19N3OS. The molecular weight excluding hydrogens is 234 g/mol. The molecule has 0 spiro atoms. The van der Waals surface area contributed by atoms with Crippen molar-refractivity contribution in [1.82, 2.24) is 9.80 Å². The highest BCUT2D eigenvalue weighted by atomic mass is 32.1. The van der Waals surface area contributed by atoms with Crippen molar-refractivity contribution in [2.24, 2.45) is 0 Å². The van der Waals surface area contributed by atoms with E-state index < -0.39 is 0 Å². The number of aryl methyl sites for hydroxylation is 1. The minimum atomic E-state index is 0.120. The van der Waals surface area contributed by atoms with Gasteiger partial charge in [-0.25, -0.2) is 0 Å². The zero-order chi connectivity index (χ0) is 12.6. The SMILES string of the molecule is Cc1sc(C(=O)N2CCN(C)C(C)C2)cc1N. The third kappa shape index (κ3) is 2.45. The van der Waals surface area contributed by atoms with Gasteiger partial charge in [-0.2, -0.15) is 0 Å². The van der Waals surface area contributed by atoms with Crippen LogP contribution >= 0.6 is 11.3 Å². The van der Waals surface area contributed by atoms with Crippen LogP contribution in [0.4, 0.5) is 5.69 Å². The quantitative estimate of drug-likeness (QED) is 0.823. The third-order valence-electron chi connectivity index (χ3n) is 3.41. The Bertz CT molecular complexity index is 410. The molecule has 1 atom stereocenters. The van der Waals surface area contributed by atoms with Crippen molar-refractivity contribution in [1.29, 1.82) is 0 Å². The summed E-state index contributed by atoms with van der Waals surface area (Å²) in [5, 5.41) is 0. The largest absolute Gasteiger partial charge is 0.398 e. The fourth-order valence-electron chi connectivity index (χ4n) is 1.99. The van der Waals surface area contributed by atoms with Crippen LogP contribution in [-0.4, -0.2) is 48.4 Å². The lowest BCUT2D eigenvalue weighted by molar-refractivity contribution is 0.0577. The van der Waals surface area contributed by atoms with Crippen molar-refractivity contribution in [3.05, 3.63) is 15.8 Å². The summed E-state index contributed by atoms with van der Waals surface area (Å²) in [6.07, 6.45) is 0. The van der Waals surface area contributed by atoms with Gasteiger partial charge in [0.2, 0.25) is 0 Å². The van der Waals surface area contributed by atoms with Gasteiger partial charge in [0.05, 0.1) is 4.88 Å². The highest BCUT2D eigenvalue weighted by Crippen LogP contribution is 2.25. The minimum Gasteiger partial charge on any atom is -0.398 e. The summed E-state index contributed by atoms with van der Waals surface area (Å²) in [6, 6.07) is 2.22. The van der Waals surface area contributed by atoms with Crippen LogP contribution in [0.25, 0.3) is 0 Å². The molecule has 4 nitrogen and oxygen atoms in total. The molecule has 0 radical (unpaired) electrons. The first-order chi connectivity index (χ1) is 7.99. The molecule has 17 heavy (non-hydrogen) atoms. The minimum absolute atomic E-state index is 0.120. The van der Waals surface area contributed by atoms with Crippen LogP contribution in [0.2, 0.25) is 0 Å². The summed E-state index contributed by atoms with van der Waals surface area (Å²) in [5.74, 6) is 0.120. The Morgan fingerprint density at radius 2 is 2.24 bits per heavy atom. The first kappa shape index (κ1) is 12.4. The van der Waals surface area contributed by atoms with Gasteiger partial charge in [-0.05, 0) is 27.0 Å². The predicted octanol–water partition coefficient (Wildman–Crippen LogP) is 1.41. The molecule has 0 bridgehead atoms. The van der Waals surface area contributed by atoms with Gasteiger partial charge in [0.15, 0.2) is 0 Å². The second-order valence-electron chi connectivity index (χ2n) is 4.70. The highest BCUT2D eigenvalue weighted by Gasteiger charge is 2.26. The molecule has 5 heteroatoms. The number of likely N-dealkylation sites (N-methyl/N-ethyl adjacent to an activating group) is 1. The second kappa shape index (κ2) is 4.66. The molecule has 0 aliphatic carbocycles. The number of anilines is 1. The molecule has 0 saturated carbocycles. The van der Waals surface area contributed by atoms with E-state index in [2.05, 4.69) is 18.9 Å². The van der Waals surface area contributed by atoms with E-state index in [1.165, 1.54) is 11.3 Å². The fourth-order valence-corrected chi connectivity index (χ4v) is 2.90. The monoisotopic (exact) mass is 253 g/mol. The van der Waals surface area contributed by atoms with E-state index in [1.54, 1.807) is 6.07 Å². The van der Waals surface area contributed by atoms with E-state index >= 15 is 0 Å². The zero-order valence-corrected chi connectivity index (χ0v) is 11.4. The number of nitrogens with two attached hydrogens (primary N) is 1. The number of piperazine rings is 1. The molecule has 1 aromatic heterocycles. The molecule has 1 unspecified atom stereocenters. The van der Waals surface area contributed by atoms with Crippen LogP contribution in [0.5, 0.6) is 0 Å². The van der Waals surface area contributed by atoms with Crippen LogP contribution in [0.3, 0.4) is 0 Å². The van der Waals surface area contributed by atoms with Crippen molar-refractivity contribution in [3.8, 4) is 0 Å². The molecule has 1 aliphatic rings. The van der Waals surface area contributed by atoms with Gasteiger partial charge < -0.3 is 15.5 Å². The third-order valence-corrected chi connectivity index (χ3v) is 4.47. The first-order valence-electron chi connectivity index (χ1n) is 5.84. The molecule has 1 fully saturated rings. The van der Waals surface area contributed by atoms with Crippen molar-refractivity contribution in [2.75, 3.05) is 32.4 Å². The number of hydrogen-bond acceptors (Lipinski definition) is 4. The standard InChI is InChI=1S/C12H19N3OS/c1-8-7-15(5-4-14(8)3)12(16)11-6-10(13)9(2)17-11/h6,8H,4-5,7,13H2,1-3H3. The van der Waals surface area contributed by atoms with Gasteiger partial charge in [-0.3, -0.25) is 4.79 Å². The number of carbonyl (C=O) groups excluding carboxylic acids is 1. The van der Waals surface area contributed by atoms with Gasteiger partial charge >= 0.3 is 0 Å². The second-order valence-corrected chi connectivity index (χ2v) is 5.96. The van der Waals surface area contributed by atoms with E-state index in [4.69, 9.17) is 5.73 Å². The van der Waals surface area contributed by atoms with Gasteiger partial charge in [-0.15, -0.1) is 11.3 Å². The molecule has 0 aromatic carbocycles. The molecule has 1 amide bonds. The topological polar surface area (TPSA) is 49.6 Å². The predicted molar refractivity (Wildman–Crippen MR) is 71.5 cm³/mol. The molecule has 94 valence electrons. The molecule has 2 N–H and O–H groups in total. The van der Waals surface area contributed by atoms with Crippen LogP contribution in [-0.2, 0) is 0 Å². The van der Waals surface area contributed by atoms with E-state index in [9.17, 15) is 4.79 Å². The van der Waals surface area contributed by atoms with E-state index in [1.807, 2.05) is 11.8 Å². The van der Waals surface area contributed by atoms with Crippen molar-refractivity contribution < 1.29 is 4.79 Å². The first-order valence-corrected chi connectivity index (χ1v) is 6.66. The van der Waals surface area contributed by atoms with Crippen molar-refractivity contribution >= 4 is 22.9 Å². The summed E-state index contributed by atoms with van der Waals surface area (Å²) in [5.41, 5.74) is 6.51. The van der Waals surface area contributed by atoms with Crippen LogP contribution in [0, 0.1) is 6.92 Å². The Labute approximate surface area is 106 Å². The summed E-state index contributed by atoms with van der Waals surface area (Å²) < 4.78 is 0. The summed E-state index contributed by atoms with van der Waals surface area (Å²) in [6.45, 7) is 6.63. The van der Waals surface area contributed by atoms with Crippen LogP contribution in [0.15, 0.2) is 6.07 Å². The Balaban J connectivity index is 2.10. The van der Waals surface area contributed by atoms with Crippen molar-refractivity contribution in [3.63, 3.8) is 0 Å².